The number of benzene rings is 1. The zero-order valence-corrected chi connectivity index (χ0v) is 26.3. The van der Waals surface area contributed by atoms with E-state index in [1.807, 2.05) is 146 Å². The molecule has 0 aliphatic carbocycles. The second-order valence-corrected chi connectivity index (χ2v) is 5.66. The third-order valence-electron chi connectivity index (χ3n) is 2.21. The molecule has 0 aliphatic heterocycles. The van der Waals surface area contributed by atoms with Crippen LogP contribution < -0.4 is 0 Å². The van der Waals surface area contributed by atoms with E-state index in [9.17, 15) is 0 Å². The molecule has 4 nitrogen and oxygen atoms in total. The Morgan fingerprint density at radius 1 is 0.450 bits per heavy atom. The number of rotatable bonds is 0. The van der Waals surface area contributed by atoms with Gasteiger partial charge >= 0.3 is 0 Å². The minimum Gasteiger partial charge on any atom is -0.473 e. The number of hydrogen-bond acceptors (Lipinski definition) is 6. The van der Waals surface area contributed by atoms with E-state index < -0.39 is 0 Å². The quantitative estimate of drug-likeness (QED) is 0.167. The number of aromatic nitrogens is 2. The summed E-state index contributed by atoms with van der Waals surface area (Å²) in [7, 11) is 0. The Kier molecular flexibility index (Phi) is 128. The molecule has 0 saturated heterocycles. The van der Waals surface area contributed by atoms with E-state index in [0.717, 1.165) is 0 Å². The summed E-state index contributed by atoms with van der Waals surface area (Å²) in [5.41, 5.74) is 1.79. The monoisotopic (exact) mass is 596 g/mol. The fourth-order valence-electron chi connectivity index (χ4n) is 1.19. The maximum atomic E-state index is 4.58. The zero-order valence-electron chi connectivity index (χ0n) is 24.7. The Hall–Kier alpha value is -2.90. The van der Waals surface area contributed by atoms with Crippen molar-refractivity contribution in [3.63, 3.8) is 0 Å². The van der Waals surface area contributed by atoms with E-state index in [0.29, 0.717) is 0 Å². The van der Waals surface area contributed by atoms with Gasteiger partial charge in [0.15, 0.2) is 6.39 Å². The Labute approximate surface area is 262 Å². The van der Waals surface area contributed by atoms with Gasteiger partial charge in [0.1, 0.15) is 6.26 Å². The zero-order chi connectivity index (χ0) is 28.4. The van der Waals surface area contributed by atoms with Gasteiger partial charge in [-0.05, 0) is 22.9 Å². The van der Waals surface area contributed by atoms with Crippen molar-refractivity contribution in [1.29, 1.82) is 0 Å². The van der Waals surface area contributed by atoms with Crippen molar-refractivity contribution in [3.05, 3.63) is 120 Å². The highest BCUT2D eigenvalue weighted by molar-refractivity contribution is 7.07. The maximum Gasteiger partial charge on any atom is 0.180 e. The highest BCUT2D eigenvalue weighted by Gasteiger charge is 1.61. The van der Waals surface area contributed by atoms with Crippen molar-refractivity contribution in [2.45, 2.75) is 91.5 Å². The number of hydrogen-bond donors (Lipinski definition) is 0. The van der Waals surface area contributed by atoms with E-state index in [-0.39, 0.29) is 32.1 Å². The Morgan fingerprint density at radius 3 is 1.00 bits per heavy atom. The van der Waals surface area contributed by atoms with Gasteiger partial charge in [-0.2, -0.15) is 11.3 Å². The SMILES string of the molecule is C.C.C.CC.CC.CC.CC.CC.[2HH].[B].c1ccccc1.c1ccoc1.c1ccsc1.c1cocn1.c1cscn1. The van der Waals surface area contributed by atoms with Gasteiger partial charge in [-0.15, -0.1) is 11.3 Å². The minimum absolute atomic E-state index is 0. The molecule has 0 bridgehead atoms. The van der Waals surface area contributed by atoms with Crippen LogP contribution in [0.4, 0.5) is 0 Å². The van der Waals surface area contributed by atoms with Gasteiger partial charge in [0, 0.05) is 21.4 Å². The molecule has 40 heavy (non-hydrogen) atoms. The molecule has 0 aliphatic rings. The fourth-order valence-corrected chi connectivity index (χ4v) is 1.99. The van der Waals surface area contributed by atoms with Gasteiger partial charge < -0.3 is 8.83 Å². The predicted octanol–water partition coefficient (Wildman–Crippen LogP) is 13.4. The van der Waals surface area contributed by atoms with Gasteiger partial charge in [0.2, 0.25) is 0 Å². The number of furan rings is 1. The molecule has 0 unspecified atom stereocenters. The molecule has 1 aromatic carbocycles. The predicted molar refractivity (Wildman–Crippen MR) is 193 cm³/mol. The van der Waals surface area contributed by atoms with Gasteiger partial charge in [0.25, 0.3) is 0 Å². The molecule has 0 spiro atoms. The lowest BCUT2D eigenvalue weighted by atomic mass is 10.4. The molecule has 0 fully saturated rings. The molecule has 5 aromatic rings. The van der Waals surface area contributed by atoms with Crippen molar-refractivity contribution >= 4 is 31.1 Å². The van der Waals surface area contributed by atoms with Crippen molar-refractivity contribution in [3.8, 4) is 0 Å². The smallest absolute Gasteiger partial charge is 0.180 e. The second-order valence-electron chi connectivity index (χ2n) is 4.09. The van der Waals surface area contributed by atoms with Gasteiger partial charge in [-0.1, -0.05) is 140 Å². The standard InChI is InChI=1S/C6H6.C4H4O.C4H4S.C3H3NO.C3H3NS.5C2H6.3CH4.B.H2/c1-2-4-6-5-3-1;2*1-2-4-5-3-1;2*1-2-5-3-4-1;5*1-2;;;;;/h1-6H;2*1-4H;2*1-3H;5*1-2H3;3*1H4;;1H/i;;;;;;;;;;;;;;1+1. The number of thiophene rings is 1. The van der Waals surface area contributed by atoms with Crippen LogP contribution in [-0.2, 0) is 0 Å². The first-order valence-corrected chi connectivity index (χ1v) is 14.5. The molecule has 233 valence electrons. The summed E-state index contributed by atoms with van der Waals surface area (Å²) in [5.74, 6) is 0. The summed E-state index contributed by atoms with van der Waals surface area (Å²) in [6.45, 7) is 20.0. The van der Waals surface area contributed by atoms with E-state index in [1.165, 1.54) is 12.7 Å². The second kappa shape index (κ2) is 83.3. The number of nitrogens with zero attached hydrogens (tertiary/aromatic N) is 2. The maximum absolute atomic E-state index is 4.58. The average Bonchev–Trinajstić information content (AvgIpc) is 3.86. The fraction of sp³-hybridized carbons (Fsp3) is 0.394. The lowest BCUT2D eigenvalue weighted by Gasteiger charge is -1.69. The molecular weight excluding hydrogens is 531 g/mol. The van der Waals surface area contributed by atoms with Gasteiger partial charge in [0.05, 0.1) is 24.2 Å². The molecule has 4 heterocycles. The van der Waals surface area contributed by atoms with Crippen molar-refractivity contribution in [2.24, 2.45) is 0 Å². The van der Waals surface area contributed by atoms with Crippen molar-refractivity contribution < 1.29 is 10.3 Å². The molecule has 4 aromatic heterocycles. The van der Waals surface area contributed by atoms with Crippen LogP contribution in [0.1, 0.15) is 92.9 Å². The summed E-state index contributed by atoms with van der Waals surface area (Å²) in [6, 6.07) is 19.7. The number of oxazole rings is 1. The minimum atomic E-state index is 0. The topological polar surface area (TPSA) is 52.1 Å². The first-order valence-electron chi connectivity index (χ1n) is 12.6. The van der Waals surface area contributed by atoms with E-state index in [4.69, 9.17) is 0 Å². The molecule has 7 heteroatoms. The Balaban J connectivity index is -0.0000000331. The van der Waals surface area contributed by atoms with Crippen LogP contribution in [0.2, 0.25) is 0 Å². The van der Waals surface area contributed by atoms with Gasteiger partial charge in [-0.3, -0.25) is 4.98 Å². The van der Waals surface area contributed by atoms with Crippen LogP contribution in [0, 0.1) is 0 Å². The van der Waals surface area contributed by atoms with E-state index in [1.54, 1.807) is 53.1 Å². The van der Waals surface area contributed by atoms with Gasteiger partial charge in [-0.25, -0.2) is 4.98 Å². The third kappa shape index (κ3) is 76.5. The Morgan fingerprint density at radius 2 is 0.875 bits per heavy atom. The first-order chi connectivity index (χ1) is 18.0. The normalized spacial score (nSPS) is 5.95. The highest BCUT2D eigenvalue weighted by Crippen LogP contribution is 1.91. The van der Waals surface area contributed by atoms with Crippen molar-refractivity contribution in [1.82, 2.24) is 9.97 Å². The summed E-state index contributed by atoms with van der Waals surface area (Å²) in [5, 5.41) is 6.01. The molecular formula is C33H64BN2O2S2. The molecule has 0 atom stereocenters. The van der Waals surface area contributed by atoms with Crippen LogP contribution in [0.5, 0.6) is 0 Å². The van der Waals surface area contributed by atoms with Crippen LogP contribution in [0.15, 0.2) is 129 Å². The van der Waals surface area contributed by atoms with Crippen LogP contribution in [0.3, 0.4) is 0 Å². The summed E-state index contributed by atoms with van der Waals surface area (Å²) < 4.78 is 9.06. The van der Waals surface area contributed by atoms with Crippen LogP contribution in [-0.4, -0.2) is 18.4 Å². The Bertz CT molecular complexity index is 557. The third-order valence-corrected chi connectivity index (χ3v) is 3.36. The first kappa shape index (κ1) is 61.2. The number of thiazole rings is 1. The highest BCUT2D eigenvalue weighted by atomic mass is 32.1. The largest absolute Gasteiger partial charge is 0.473 e. The molecule has 0 N–H and O–H groups in total. The summed E-state index contributed by atoms with van der Waals surface area (Å²) in [4.78, 5) is 7.30. The van der Waals surface area contributed by atoms with E-state index in [2.05, 4.69) is 18.8 Å². The summed E-state index contributed by atoms with van der Waals surface area (Å²) in [6.07, 6.45) is 9.49. The summed E-state index contributed by atoms with van der Waals surface area (Å²) >= 11 is 3.31. The van der Waals surface area contributed by atoms with E-state index >= 15 is 0 Å². The van der Waals surface area contributed by atoms with Crippen molar-refractivity contribution in [2.75, 3.05) is 0 Å². The molecule has 5 rings (SSSR count). The average molecular weight is 597 g/mol. The lowest BCUT2D eigenvalue weighted by Crippen LogP contribution is -1.47. The lowest BCUT2D eigenvalue weighted by molar-refractivity contribution is 0.558. The molecule has 0 amide bonds. The van der Waals surface area contributed by atoms with Crippen LogP contribution >= 0.6 is 22.7 Å². The molecule has 3 radical (unpaired) electrons. The molecule has 0 saturated carbocycles. The van der Waals surface area contributed by atoms with Crippen LogP contribution in [0.25, 0.3) is 0 Å².